The van der Waals surface area contributed by atoms with Gasteiger partial charge in [-0.1, -0.05) is 51.1 Å². The lowest BCUT2D eigenvalue weighted by atomic mass is 9.73. The second kappa shape index (κ2) is 7.69. The van der Waals surface area contributed by atoms with Crippen LogP contribution >= 0.6 is 0 Å². The van der Waals surface area contributed by atoms with Gasteiger partial charge in [-0.15, -0.1) is 0 Å². The second-order valence-corrected chi connectivity index (χ2v) is 7.36. The Morgan fingerprint density at radius 1 is 1.21 bits per heavy atom. The van der Waals surface area contributed by atoms with E-state index >= 15 is 0 Å². The standard InChI is InChI=1S/C19H27NO4/c1-19(2,3)15-10-11-20(16(12-15)17(21)23-4)18(22)24-13-14-8-6-5-7-9-14/h5-9,15-16H,10-13H2,1-4H3/t15-,16+/m0/s1. The lowest BCUT2D eigenvalue weighted by Crippen LogP contribution is -2.52. The van der Waals surface area contributed by atoms with Crippen LogP contribution in [0, 0.1) is 11.3 Å². The lowest BCUT2D eigenvalue weighted by molar-refractivity contribution is -0.149. The van der Waals surface area contributed by atoms with Gasteiger partial charge in [0.05, 0.1) is 7.11 Å². The molecule has 1 aliphatic rings. The highest BCUT2D eigenvalue weighted by molar-refractivity contribution is 5.81. The maximum Gasteiger partial charge on any atom is 0.410 e. The summed E-state index contributed by atoms with van der Waals surface area (Å²) in [5.74, 6) is -0.0135. The first-order valence-corrected chi connectivity index (χ1v) is 8.38. The van der Waals surface area contributed by atoms with E-state index in [2.05, 4.69) is 20.8 Å². The summed E-state index contributed by atoms with van der Waals surface area (Å²) in [4.78, 5) is 26.1. The maximum absolute atomic E-state index is 12.5. The molecule has 1 aromatic rings. The molecule has 1 heterocycles. The Hall–Kier alpha value is -2.04. The number of methoxy groups -OCH3 is 1. The Labute approximate surface area is 143 Å². The minimum atomic E-state index is -0.573. The van der Waals surface area contributed by atoms with Gasteiger partial charge in [0.1, 0.15) is 12.6 Å². The van der Waals surface area contributed by atoms with Crippen LogP contribution in [0.4, 0.5) is 4.79 Å². The first-order valence-electron chi connectivity index (χ1n) is 8.38. The van der Waals surface area contributed by atoms with Gasteiger partial charge in [-0.2, -0.15) is 0 Å². The fraction of sp³-hybridized carbons (Fsp3) is 0.579. The van der Waals surface area contributed by atoms with E-state index in [4.69, 9.17) is 9.47 Å². The number of carbonyl (C=O) groups excluding carboxylic acids is 2. The molecule has 1 saturated heterocycles. The summed E-state index contributed by atoms with van der Waals surface area (Å²) in [5.41, 5.74) is 1.01. The van der Waals surface area contributed by atoms with Crippen molar-refractivity contribution in [2.75, 3.05) is 13.7 Å². The summed E-state index contributed by atoms with van der Waals surface area (Å²) in [7, 11) is 1.36. The molecule has 1 amide bonds. The molecule has 0 N–H and O–H groups in total. The van der Waals surface area contributed by atoms with Crippen molar-refractivity contribution in [3.63, 3.8) is 0 Å². The van der Waals surface area contributed by atoms with E-state index in [-0.39, 0.29) is 18.0 Å². The van der Waals surface area contributed by atoms with Crippen LogP contribution in [0.2, 0.25) is 0 Å². The van der Waals surface area contributed by atoms with Crippen LogP contribution in [0.15, 0.2) is 30.3 Å². The Bertz CT molecular complexity index is 564. The average molecular weight is 333 g/mol. The topological polar surface area (TPSA) is 55.8 Å². The molecule has 0 spiro atoms. The number of likely N-dealkylation sites (tertiary alicyclic amines) is 1. The van der Waals surface area contributed by atoms with E-state index < -0.39 is 12.1 Å². The Balaban J connectivity index is 2.03. The van der Waals surface area contributed by atoms with Gasteiger partial charge in [-0.25, -0.2) is 9.59 Å². The predicted molar refractivity (Wildman–Crippen MR) is 91.3 cm³/mol. The molecule has 0 saturated carbocycles. The van der Waals surface area contributed by atoms with Crippen LogP contribution < -0.4 is 0 Å². The minimum Gasteiger partial charge on any atom is -0.467 e. The van der Waals surface area contributed by atoms with Gasteiger partial charge in [0.15, 0.2) is 0 Å². The van der Waals surface area contributed by atoms with Crippen LogP contribution in [-0.4, -0.2) is 36.7 Å². The van der Waals surface area contributed by atoms with E-state index in [0.717, 1.165) is 12.0 Å². The molecule has 1 aliphatic heterocycles. The molecule has 1 aromatic carbocycles. The molecule has 132 valence electrons. The van der Waals surface area contributed by atoms with Crippen LogP contribution in [0.25, 0.3) is 0 Å². The smallest absolute Gasteiger partial charge is 0.410 e. The third kappa shape index (κ3) is 4.49. The largest absolute Gasteiger partial charge is 0.467 e. The number of benzene rings is 1. The van der Waals surface area contributed by atoms with Gasteiger partial charge >= 0.3 is 12.1 Å². The quantitative estimate of drug-likeness (QED) is 0.793. The number of ether oxygens (including phenoxy) is 2. The van der Waals surface area contributed by atoms with E-state index in [1.165, 1.54) is 12.0 Å². The zero-order valence-electron chi connectivity index (χ0n) is 15.0. The number of hydrogen-bond donors (Lipinski definition) is 0. The Morgan fingerprint density at radius 2 is 1.88 bits per heavy atom. The van der Waals surface area contributed by atoms with Crippen molar-refractivity contribution in [3.05, 3.63) is 35.9 Å². The zero-order chi connectivity index (χ0) is 17.7. The number of rotatable bonds is 3. The van der Waals surface area contributed by atoms with Crippen LogP contribution in [-0.2, 0) is 20.9 Å². The lowest BCUT2D eigenvalue weighted by Gasteiger charge is -2.42. The first-order chi connectivity index (χ1) is 11.3. The molecule has 2 atom stereocenters. The molecule has 5 heteroatoms. The molecule has 0 aromatic heterocycles. The zero-order valence-corrected chi connectivity index (χ0v) is 15.0. The summed E-state index contributed by atoms with van der Waals surface area (Å²) in [6.45, 7) is 7.20. The van der Waals surface area contributed by atoms with Crippen molar-refractivity contribution in [3.8, 4) is 0 Å². The molecule has 0 bridgehead atoms. The SMILES string of the molecule is COC(=O)[C@H]1C[C@@H](C(C)(C)C)CCN1C(=O)OCc1ccccc1. The highest BCUT2D eigenvalue weighted by Crippen LogP contribution is 2.37. The second-order valence-electron chi connectivity index (χ2n) is 7.36. The number of esters is 1. The molecular weight excluding hydrogens is 306 g/mol. The van der Waals surface area contributed by atoms with Gasteiger partial charge in [-0.3, -0.25) is 4.90 Å². The van der Waals surface area contributed by atoms with Gasteiger partial charge in [0.25, 0.3) is 0 Å². The molecular formula is C19H27NO4. The van der Waals surface area contributed by atoms with E-state index in [9.17, 15) is 9.59 Å². The van der Waals surface area contributed by atoms with Gasteiger partial charge < -0.3 is 9.47 Å². The van der Waals surface area contributed by atoms with Crippen molar-refractivity contribution in [2.24, 2.45) is 11.3 Å². The van der Waals surface area contributed by atoms with E-state index in [1.807, 2.05) is 30.3 Å². The van der Waals surface area contributed by atoms with Crippen molar-refractivity contribution < 1.29 is 19.1 Å². The van der Waals surface area contributed by atoms with Gasteiger partial charge in [0.2, 0.25) is 0 Å². The molecule has 5 nitrogen and oxygen atoms in total. The van der Waals surface area contributed by atoms with Crippen LogP contribution in [0.3, 0.4) is 0 Å². The molecule has 0 unspecified atom stereocenters. The normalized spacial score (nSPS) is 21.2. The van der Waals surface area contributed by atoms with Crippen LogP contribution in [0.1, 0.15) is 39.2 Å². The third-order valence-electron chi connectivity index (χ3n) is 4.74. The van der Waals surface area contributed by atoms with Crippen molar-refractivity contribution in [1.82, 2.24) is 4.90 Å². The highest BCUT2D eigenvalue weighted by atomic mass is 16.6. The predicted octanol–water partition coefficient (Wildman–Crippen LogP) is 3.62. The minimum absolute atomic E-state index is 0.0896. The first kappa shape index (κ1) is 18.3. The van der Waals surface area contributed by atoms with Gasteiger partial charge in [0, 0.05) is 6.54 Å². The van der Waals surface area contributed by atoms with Crippen LogP contribution in [0.5, 0.6) is 0 Å². The molecule has 0 aliphatic carbocycles. The summed E-state index contributed by atoms with van der Waals surface area (Å²) >= 11 is 0. The van der Waals surface area contributed by atoms with E-state index in [0.29, 0.717) is 18.9 Å². The Morgan fingerprint density at radius 3 is 2.46 bits per heavy atom. The summed E-state index contributed by atoms with van der Waals surface area (Å²) < 4.78 is 10.3. The Kier molecular flexibility index (Phi) is 5.86. The number of piperidine rings is 1. The van der Waals surface area contributed by atoms with Crippen molar-refractivity contribution in [1.29, 1.82) is 0 Å². The van der Waals surface area contributed by atoms with Crippen molar-refractivity contribution >= 4 is 12.1 Å². The maximum atomic E-state index is 12.5. The average Bonchev–Trinajstić information content (AvgIpc) is 2.58. The summed E-state index contributed by atoms with van der Waals surface area (Å²) in [6.07, 6.45) is 1.01. The molecule has 2 rings (SSSR count). The number of amides is 1. The van der Waals surface area contributed by atoms with Crippen molar-refractivity contribution in [2.45, 2.75) is 46.3 Å². The fourth-order valence-corrected chi connectivity index (χ4v) is 3.13. The third-order valence-corrected chi connectivity index (χ3v) is 4.74. The number of carbonyl (C=O) groups is 2. The summed E-state index contributed by atoms with van der Waals surface area (Å²) in [5, 5.41) is 0. The monoisotopic (exact) mass is 333 g/mol. The molecule has 0 radical (unpaired) electrons. The number of nitrogens with zero attached hydrogens (tertiary/aromatic N) is 1. The molecule has 24 heavy (non-hydrogen) atoms. The summed E-state index contributed by atoms with van der Waals surface area (Å²) in [6, 6.07) is 8.94. The fourth-order valence-electron chi connectivity index (χ4n) is 3.13. The molecule has 1 fully saturated rings. The highest BCUT2D eigenvalue weighted by Gasteiger charge is 2.41. The van der Waals surface area contributed by atoms with Gasteiger partial charge in [-0.05, 0) is 29.7 Å². The number of hydrogen-bond acceptors (Lipinski definition) is 4. The van der Waals surface area contributed by atoms with E-state index in [1.54, 1.807) is 0 Å².